The second-order valence-electron chi connectivity index (χ2n) is 3.85. The molecule has 6 nitrogen and oxygen atoms in total. The molecule has 16 heavy (non-hydrogen) atoms. The van der Waals surface area contributed by atoms with Crippen LogP contribution in [0.3, 0.4) is 0 Å². The number of aromatic nitrogens is 4. The largest absolute Gasteiger partial charge is 0.381 e. The fourth-order valence-corrected chi connectivity index (χ4v) is 1.57. The maximum atomic E-state index is 14.4. The molecular formula is C9H18FN5O. The van der Waals surface area contributed by atoms with E-state index in [0.717, 1.165) is 0 Å². The van der Waals surface area contributed by atoms with Crippen molar-refractivity contribution < 1.29 is 9.13 Å². The molecule has 0 radical (unpaired) electrons. The second-order valence-corrected chi connectivity index (χ2v) is 3.85. The molecule has 0 saturated heterocycles. The molecule has 0 bridgehead atoms. The van der Waals surface area contributed by atoms with Crippen molar-refractivity contribution in [2.45, 2.75) is 24.9 Å². The Morgan fingerprint density at radius 3 is 2.81 bits per heavy atom. The fourth-order valence-electron chi connectivity index (χ4n) is 1.57. The van der Waals surface area contributed by atoms with Gasteiger partial charge in [-0.15, -0.1) is 10.2 Å². The van der Waals surface area contributed by atoms with Gasteiger partial charge in [-0.2, -0.15) is 4.80 Å². The van der Waals surface area contributed by atoms with Crippen LogP contribution in [0.2, 0.25) is 0 Å². The van der Waals surface area contributed by atoms with Gasteiger partial charge in [0.05, 0.1) is 13.7 Å². The van der Waals surface area contributed by atoms with Gasteiger partial charge in [0.15, 0.2) is 5.82 Å². The number of ether oxygens (including phenoxy) is 1. The van der Waals surface area contributed by atoms with Crippen molar-refractivity contribution in [3.05, 3.63) is 5.82 Å². The van der Waals surface area contributed by atoms with Crippen LogP contribution in [0.25, 0.3) is 0 Å². The molecule has 0 saturated carbocycles. The normalized spacial score (nSPS) is 15.0. The number of hydrogen-bond donors (Lipinski definition) is 1. The van der Waals surface area contributed by atoms with Crippen molar-refractivity contribution >= 4 is 0 Å². The Labute approximate surface area is 94.0 Å². The number of halogens is 1. The molecule has 0 aliphatic rings. The Hall–Kier alpha value is -1.08. The van der Waals surface area contributed by atoms with Crippen molar-refractivity contribution in [2.24, 2.45) is 12.8 Å². The molecule has 0 aliphatic heterocycles. The van der Waals surface area contributed by atoms with E-state index in [0.29, 0.717) is 25.2 Å². The summed E-state index contributed by atoms with van der Waals surface area (Å²) in [6.07, 6.45) is 1.06. The molecule has 1 aromatic rings. The van der Waals surface area contributed by atoms with Crippen LogP contribution < -0.4 is 5.73 Å². The molecule has 0 aromatic carbocycles. The number of alkyl halides is 1. The number of aryl methyl sites for hydroxylation is 1. The van der Waals surface area contributed by atoms with Crippen molar-refractivity contribution in [3.63, 3.8) is 0 Å². The monoisotopic (exact) mass is 231 g/mol. The second kappa shape index (κ2) is 5.86. The maximum absolute atomic E-state index is 14.4. The van der Waals surface area contributed by atoms with Crippen LogP contribution in [-0.4, -0.2) is 46.1 Å². The minimum atomic E-state index is -1.46. The summed E-state index contributed by atoms with van der Waals surface area (Å²) in [5.41, 5.74) is 3.91. The summed E-state index contributed by atoms with van der Waals surface area (Å²) < 4.78 is 19.3. The molecule has 1 unspecified atom stereocenters. The van der Waals surface area contributed by atoms with Crippen LogP contribution in [0.4, 0.5) is 4.39 Å². The topological polar surface area (TPSA) is 78.9 Å². The van der Waals surface area contributed by atoms with Crippen LogP contribution in [0.1, 0.15) is 18.7 Å². The number of nitrogens with two attached hydrogens (primary N) is 1. The third kappa shape index (κ3) is 3.82. The van der Waals surface area contributed by atoms with Gasteiger partial charge in [0.1, 0.15) is 5.67 Å². The number of hydrogen-bond acceptors (Lipinski definition) is 5. The van der Waals surface area contributed by atoms with Gasteiger partial charge >= 0.3 is 0 Å². The summed E-state index contributed by atoms with van der Waals surface area (Å²) in [5.74, 6) is 0.388. The lowest BCUT2D eigenvalue weighted by Crippen LogP contribution is -2.33. The summed E-state index contributed by atoms with van der Waals surface area (Å²) in [4.78, 5) is 1.31. The average molecular weight is 231 g/mol. The van der Waals surface area contributed by atoms with Crippen LogP contribution in [0, 0.1) is 0 Å². The van der Waals surface area contributed by atoms with Gasteiger partial charge < -0.3 is 10.5 Å². The molecular weight excluding hydrogens is 213 g/mol. The van der Waals surface area contributed by atoms with Crippen molar-refractivity contribution in [1.29, 1.82) is 0 Å². The number of methoxy groups -OCH3 is 1. The summed E-state index contributed by atoms with van der Waals surface area (Å²) in [6, 6.07) is 0. The first kappa shape index (κ1) is 13.0. The highest BCUT2D eigenvalue weighted by Gasteiger charge is 2.31. The van der Waals surface area contributed by atoms with Gasteiger partial charge in [0.25, 0.3) is 0 Å². The quantitative estimate of drug-likeness (QED) is 0.705. The zero-order valence-corrected chi connectivity index (χ0v) is 9.69. The van der Waals surface area contributed by atoms with Crippen LogP contribution >= 0.6 is 0 Å². The van der Waals surface area contributed by atoms with E-state index < -0.39 is 5.67 Å². The highest BCUT2D eigenvalue weighted by Crippen LogP contribution is 2.22. The van der Waals surface area contributed by atoms with Gasteiger partial charge in [0.2, 0.25) is 0 Å². The molecule has 2 N–H and O–H groups in total. The number of nitrogens with zero attached hydrogens (tertiary/aromatic N) is 4. The zero-order valence-electron chi connectivity index (χ0n) is 9.69. The Morgan fingerprint density at radius 2 is 2.31 bits per heavy atom. The minimum absolute atomic E-state index is 0.0191. The van der Waals surface area contributed by atoms with E-state index in [1.807, 2.05) is 0 Å². The fraction of sp³-hybridized carbons (Fsp3) is 0.889. The highest BCUT2D eigenvalue weighted by molar-refractivity contribution is 4.91. The predicted molar refractivity (Wildman–Crippen MR) is 56.5 cm³/mol. The lowest BCUT2D eigenvalue weighted by Gasteiger charge is -2.22. The first-order chi connectivity index (χ1) is 7.59. The SMILES string of the molecule is COCC(F)(CCCN)Cc1nnn(C)n1. The third-order valence-corrected chi connectivity index (χ3v) is 2.26. The van der Waals surface area contributed by atoms with E-state index in [1.165, 1.54) is 11.9 Å². The van der Waals surface area contributed by atoms with E-state index in [-0.39, 0.29) is 13.0 Å². The lowest BCUT2D eigenvalue weighted by molar-refractivity contribution is 0.0319. The molecule has 1 rings (SSSR count). The summed E-state index contributed by atoms with van der Waals surface area (Å²) in [6.45, 7) is 0.481. The molecule has 1 heterocycles. The number of rotatable bonds is 7. The molecule has 0 amide bonds. The number of tetrazole rings is 1. The molecule has 0 fully saturated rings. The molecule has 0 spiro atoms. The molecule has 0 aliphatic carbocycles. The smallest absolute Gasteiger partial charge is 0.178 e. The summed E-state index contributed by atoms with van der Waals surface area (Å²) in [7, 11) is 3.12. The molecule has 1 atom stereocenters. The van der Waals surface area contributed by atoms with Gasteiger partial charge in [-0.3, -0.25) is 0 Å². The van der Waals surface area contributed by atoms with Gasteiger partial charge in [-0.25, -0.2) is 4.39 Å². The third-order valence-electron chi connectivity index (χ3n) is 2.26. The standard InChI is InChI=1S/C9H18FN5O/c1-15-13-8(12-14-15)6-9(10,7-16-2)4-3-5-11/h3-7,11H2,1-2H3. The Balaban J connectivity index is 2.62. The summed E-state index contributed by atoms with van der Waals surface area (Å²) in [5, 5.41) is 11.4. The van der Waals surface area contributed by atoms with E-state index >= 15 is 0 Å². The predicted octanol–water partition coefficient (Wildman–Crippen LogP) is -0.154. The molecule has 1 aromatic heterocycles. The van der Waals surface area contributed by atoms with E-state index in [1.54, 1.807) is 7.05 Å². The Bertz CT molecular complexity index is 319. The highest BCUT2D eigenvalue weighted by atomic mass is 19.1. The maximum Gasteiger partial charge on any atom is 0.178 e. The van der Waals surface area contributed by atoms with E-state index in [9.17, 15) is 4.39 Å². The van der Waals surface area contributed by atoms with Crippen molar-refractivity contribution in [2.75, 3.05) is 20.3 Å². The van der Waals surface area contributed by atoms with E-state index in [4.69, 9.17) is 10.5 Å². The molecule has 92 valence electrons. The van der Waals surface area contributed by atoms with Gasteiger partial charge in [-0.05, 0) is 24.6 Å². The Morgan fingerprint density at radius 1 is 1.56 bits per heavy atom. The lowest BCUT2D eigenvalue weighted by atomic mass is 9.96. The van der Waals surface area contributed by atoms with Gasteiger partial charge in [0, 0.05) is 13.5 Å². The van der Waals surface area contributed by atoms with E-state index in [2.05, 4.69) is 15.4 Å². The average Bonchev–Trinajstić information content (AvgIpc) is 2.61. The first-order valence-electron chi connectivity index (χ1n) is 5.20. The minimum Gasteiger partial charge on any atom is -0.381 e. The van der Waals surface area contributed by atoms with Crippen molar-refractivity contribution in [3.8, 4) is 0 Å². The van der Waals surface area contributed by atoms with Crippen LogP contribution in [0.15, 0.2) is 0 Å². The van der Waals surface area contributed by atoms with Crippen molar-refractivity contribution in [1.82, 2.24) is 20.2 Å². The summed E-state index contributed by atoms with van der Waals surface area (Å²) >= 11 is 0. The zero-order chi connectivity index (χ0) is 12.0. The first-order valence-corrected chi connectivity index (χ1v) is 5.20. The van der Waals surface area contributed by atoms with Crippen LogP contribution in [-0.2, 0) is 18.2 Å². The Kier molecular flexibility index (Phi) is 4.75. The molecule has 7 heteroatoms. The van der Waals surface area contributed by atoms with Crippen LogP contribution in [0.5, 0.6) is 0 Å². The van der Waals surface area contributed by atoms with Gasteiger partial charge in [-0.1, -0.05) is 0 Å².